The zero-order chi connectivity index (χ0) is 20.6. The molecular formula is C23H24N4O2. The summed E-state index contributed by atoms with van der Waals surface area (Å²) in [5.41, 5.74) is 3.96. The fourth-order valence-corrected chi connectivity index (χ4v) is 2.83. The van der Waals surface area contributed by atoms with Crippen LogP contribution in [-0.2, 0) is 13.0 Å². The van der Waals surface area contributed by atoms with Crippen molar-refractivity contribution < 1.29 is 9.59 Å². The van der Waals surface area contributed by atoms with Crippen molar-refractivity contribution in [3.63, 3.8) is 0 Å². The smallest absolute Gasteiger partial charge is 0.270 e. The van der Waals surface area contributed by atoms with E-state index in [1.165, 1.54) is 17.8 Å². The summed E-state index contributed by atoms with van der Waals surface area (Å²) < 4.78 is 0. The summed E-state index contributed by atoms with van der Waals surface area (Å²) in [4.78, 5) is 34.9. The molecular weight excluding hydrogens is 364 g/mol. The Balaban J connectivity index is 1.59. The normalized spacial score (nSPS) is 10.4. The first kappa shape index (κ1) is 20.2. The minimum Gasteiger partial charge on any atom is -0.347 e. The number of nitrogens with one attached hydrogen (secondary N) is 1. The first-order valence-corrected chi connectivity index (χ1v) is 9.47. The van der Waals surface area contributed by atoms with E-state index in [-0.39, 0.29) is 17.5 Å². The second kappa shape index (κ2) is 9.59. The fourth-order valence-electron chi connectivity index (χ4n) is 2.83. The van der Waals surface area contributed by atoms with Crippen molar-refractivity contribution >= 4 is 11.8 Å². The molecule has 0 unspecified atom stereocenters. The van der Waals surface area contributed by atoms with E-state index in [0.29, 0.717) is 18.7 Å². The highest BCUT2D eigenvalue weighted by molar-refractivity contribution is 5.98. The van der Waals surface area contributed by atoms with Gasteiger partial charge >= 0.3 is 0 Å². The van der Waals surface area contributed by atoms with E-state index in [9.17, 15) is 9.59 Å². The Bertz CT molecular complexity index is 972. The molecule has 0 saturated heterocycles. The highest BCUT2D eigenvalue weighted by Crippen LogP contribution is 2.08. The van der Waals surface area contributed by atoms with Crippen molar-refractivity contribution in [3.8, 4) is 0 Å². The second-order valence-electron chi connectivity index (χ2n) is 6.93. The Labute approximate surface area is 170 Å². The first-order valence-electron chi connectivity index (χ1n) is 9.47. The van der Waals surface area contributed by atoms with E-state index in [4.69, 9.17) is 0 Å². The Morgan fingerprint density at radius 1 is 0.966 bits per heavy atom. The minimum absolute atomic E-state index is 0.144. The number of likely N-dealkylation sites (N-methyl/N-ethyl adjacent to an activating group) is 1. The van der Waals surface area contributed by atoms with Crippen LogP contribution in [0.25, 0.3) is 0 Å². The van der Waals surface area contributed by atoms with Crippen LogP contribution >= 0.6 is 0 Å². The molecule has 0 fully saturated rings. The summed E-state index contributed by atoms with van der Waals surface area (Å²) in [5, 5.41) is 2.84. The van der Waals surface area contributed by atoms with Crippen molar-refractivity contribution in [2.24, 2.45) is 0 Å². The van der Waals surface area contributed by atoms with Gasteiger partial charge in [-0.3, -0.25) is 19.6 Å². The van der Waals surface area contributed by atoms with Crippen LogP contribution in [0, 0.1) is 6.92 Å². The van der Waals surface area contributed by atoms with Gasteiger partial charge in [0.1, 0.15) is 5.69 Å². The maximum atomic E-state index is 12.7. The summed E-state index contributed by atoms with van der Waals surface area (Å²) in [7, 11) is 1.75. The lowest BCUT2D eigenvalue weighted by molar-refractivity contribution is 0.0796. The van der Waals surface area contributed by atoms with Gasteiger partial charge in [-0.1, -0.05) is 29.8 Å². The van der Waals surface area contributed by atoms with Gasteiger partial charge < -0.3 is 10.2 Å². The highest BCUT2D eigenvalue weighted by atomic mass is 16.2. The molecule has 0 bridgehead atoms. The SMILES string of the molecule is Cc1ccc(CNC(=O)c2cc(C(=O)N(C)CCc3ccncc3)ccn2)cc1. The Morgan fingerprint density at radius 3 is 2.41 bits per heavy atom. The molecule has 2 amide bonds. The molecule has 0 saturated carbocycles. The quantitative estimate of drug-likeness (QED) is 0.675. The van der Waals surface area contributed by atoms with E-state index in [2.05, 4.69) is 15.3 Å². The van der Waals surface area contributed by atoms with Crippen molar-refractivity contribution in [2.45, 2.75) is 19.9 Å². The maximum Gasteiger partial charge on any atom is 0.270 e. The van der Waals surface area contributed by atoms with Gasteiger partial charge in [-0.05, 0) is 48.7 Å². The summed E-state index contributed by atoms with van der Waals surface area (Å²) in [6.07, 6.45) is 5.70. The van der Waals surface area contributed by atoms with E-state index >= 15 is 0 Å². The van der Waals surface area contributed by atoms with E-state index in [0.717, 1.165) is 17.5 Å². The third-order valence-corrected chi connectivity index (χ3v) is 4.65. The molecule has 148 valence electrons. The first-order chi connectivity index (χ1) is 14.0. The maximum absolute atomic E-state index is 12.7. The predicted octanol–water partition coefficient (Wildman–Crippen LogP) is 3.03. The molecule has 0 aliphatic carbocycles. The average Bonchev–Trinajstić information content (AvgIpc) is 2.77. The monoisotopic (exact) mass is 388 g/mol. The number of pyridine rings is 2. The zero-order valence-corrected chi connectivity index (χ0v) is 16.6. The van der Waals surface area contributed by atoms with Gasteiger partial charge in [0.25, 0.3) is 11.8 Å². The van der Waals surface area contributed by atoms with Crippen LogP contribution in [-0.4, -0.2) is 40.3 Å². The largest absolute Gasteiger partial charge is 0.347 e. The van der Waals surface area contributed by atoms with Gasteiger partial charge in [0.15, 0.2) is 0 Å². The van der Waals surface area contributed by atoms with Crippen LogP contribution in [0.3, 0.4) is 0 Å². The van der Waals surface area contributed by atoms with Crippen LogP contribution in [0.1, 0.15) is 37.5 Å². The summed E-state index contributed by atoms with van der Waals surface area (Å²) in [5.74, 6) is -0.450. The molecule has 2 heterocycles. The molecule has 0 aliphatic heterocycles. The molecule has 0 spiro atoms. The highest BCUT2D eigenvalue weighted by Gasteiger charge is 2.15. The van der Waals surface area contributed by atoms with E-state index in [1.807, 2.05) is 43.3 Å². The van der Waals surface area contributed by atoms with E-state index < -0.39 is 0 Å². The number of hydrogen-bond acceptors (Lipinski definition) is 4. The molecule has 1 N–H and O–H groups in total. The van der Waals surface area contributed by atoms with Gasteiger partial charge in [-0.15, -0.1) is 0 Å². The van der Waals surface area contributed by atoms with Gasteiger partial charge in [0.2, 0.25) is 0 Å². The Morgan fingerprint density at radius 2 is 1.69 bits per heavy atom. The molecule has 3 rings (SSSR count). The lowest BCUT2D eigenvalue weighted by atomic mass is 10.1. The number of carbonyl (C=O) groups excluding carboxylic acids is 2. The number of carbonyl (C=O) groups is 2. The standard InChI is InChI=1S/C23H24N4O2/c1-17-3-5-19(6-4-17)16-26-22(28)21-15-20(9-13-25-21)23(29)27(2)14-10-18-7-11-24-12-8-18/h3-9,11-13,15H,10,14,16H2,1-2H3,(H,26,28). The lowest BCUT2D eigenvalue weighted by Crippen LogP contribution is -2.29. The zero-order valence-electron chi connectivity index (χ0n) is 16.6. The van der Waals surface area contributed by atoms with Crippen LogP contribution in [0.4, 0.5) is 0 Å². The Hall–Kier alpha value is -3.54. The molecule has 29 heavy (non-hydrogen) atoms. The fraction of sp³-hybridized carbons (Fsp3) is 0.217. The minimum atomic E-state index is -0.306. The number of nitrogens with zero attached hydrogens (tertiary/aromatic N) is 3. The van der Waals surface area contributed by atoms with Gasteiger partial charge in [-0.25, -0.2) is 0 Å². The van der Waals surface area contributed by atoms with Gasteiger partial charge in [0, 0.05) is 44.3 Å². The van der Waals surface area contributed by atoms with Gasteiger partial charge in [0.05, 0.1) is 0 Å². The Kier molecular flexibility index (Phi) is 6.68. The average molecular weight is 388 g/mol. The number of rotatable bonds is 7. The van der Waals surface area contributed by atoms with Crippen LogP contribution < -0.4 is 5.32 Å². The number of benzene rings is 1. The summed E-state index contributed by atoms with van der Waals surface area (Å²) >= 11 is 0. The molecule has 2 aromatic heterocycles. The van der Waals surface area contributed by atoms with Crippen molar-refractivity contribution in [1.29, 1.82) is 0 Å². The van der Waals surface area contributed by atoms with E-state index in [1.54, 1.807) is 30.4 Å². The van der Waals surface area contributed by atoms with Gasteiger partial charge in [-0.2, -0.15) is 0 Å². The molecule has 3 aromatic rings. The number of amides is 2. The summed E-state index contributed by atoms with van der Waals surface area (Å²) in [6, 6.07) is 15.0. The topological polar surface area (TPSA) is 75.2 Å². The third-order valence-electron chi connectivity index (χ3n) is 4.65. The molecule has 0 radical (unpaired) electrons. The molecule has 0 atom stereocenters. The number of hydrogen-bond donors (Lipinski definition) is 1. The summed E-state index contributed by atoms with van der Waals surface area (Å²) in [6.45, 7) is 2.99. The van der Waals surface area contributed by atoms with Crippen molar-refractivity contribution in [1.82, 2.24) is 20.2 Å². The lowest BCUT2D eigenvalue weighted by Gasteiger charge is -2.17. The number of aromatic nitrogens is 2. The van der Waals surface area contributed by atoms with Crippen molar-refractivity contribution in [2.75, 3.05) is 13.6 Å². The second-order valence-corrected chi connectivity index (χ2v) is 6.93. The van der Waals surface area contributed by atoms with Crippen LogP contribution in [0.15, 0.2) is 67.1 Å². The van der Waals surface area contributed by atoms with Crippen molar-refractivity contribution in [3.05, 3.63) is 95.1 Å². The third kappa shape index (κ3) is 5.72. The predicted molar refractivity (Wildman–Crippen MR) is 111 cm³/mol. The van der Waals surface area contributed by atoms with Crippen LogP contribution in [0.2, 0.25) is 0 Å². The molecule has 0 aliphatic rings. The molecule has 6 nitrogen and oxygen atoms in total. The number of aryl methyl sites for hydroxylation is 1. The molecule has 6 heteroatoms. The molecule has 1 aromatic carbocycles. The van der Waals surface area contributed by atoms with Crippen LogP contribution in [0.5, 0.6) is 0 Å².